The van der Waals surface area contributed by atoms with Gasteiger partial charge in [-0.15, -0.1) is 11.6 Å². The molecule has 0 aromatic heterocycles. The first kappa shape index (κ1) is 14.5. The Labute approximate surface area is 112 Å². The highest BCUT2D eigenvalue weighted by Crippen LogP contribution is 2.11. The van der Waals surface area contributed by atoms with Crippen molar-refractivity contribution in [1.29, 1.82) is 0 Å². The first-order valence-corrected chi connectivity index (χ1v) is 6.33. The summed E-state index contributed by atoms with van der Waals surface area (Å²) in [5.74, 6) is -0.0378. The van der Waals surface area contributed by atoms with Gasteiger partial charge in [0.25, 0.3) is 5.91 Å². The predicted molar refractivity (Wildman–Crippen MR) is 73.0 cm³/mol. The number of hydrogen-bond acceptors (Lipinski definition) is 2. The molecule has 1 aromatic rings. The molecule has 1 rings (SSSR count). The van der Waals surface area contributed by atoms with E-state index < -0.39 is 0 Å². The van der Waals surface area contributed by atoms with Gasteiger partial charge in [0.1, 0.15) is 0 Å². The maximum atomic E-state index is 11.8. The first-order chi connectivity index (χ1) is 8.52. The van der Waals surface area contributed by atoms with Gasteiger partial charge in [0.15, 0.2) is 0 Å². The molecule has 0 saturated heterocycles. The molecule has 0 atom stereocenters. The minimum atomic E-state index is -0.161. The quantitative estimate of drug-likeness (QED) is 0.806. The minimum absolute atomic E-state index is 0.0759. The molecule has 0 fully saturated rings. The summed E-state index contributed by atoms with van der Waals surface area (Å²) < 4.78 is 0. The van der Waals surface area contributed by atoms with Crippen LogP contribution in [0, 0.1) is 0 Å². The Morgan fingerprint density at radius 1 is 1.33 bits per heavy atom. The molecule has 0 spiro atoms. The van der Waals surface area contributed by atoms with E-state index in [2.05, 4.69) is 10.6 Å². The van der Waals surface area contributed by atoms with E-state index in [9.17, 15) is 9.59 Å². The number of benzene rings is 1. The first-order valence-electron chi connectivity index (χ1n) is 5.79. The molecule has 0 aliphatic rings. The van der Waals surface area contributed by atoms with Gasteiger partial charge in [-0.3, -0.25) is 9.59 Å². The highest BCUT2D eigenvalue weighted by atomic mass is 35.5. The van der Waals surface area contributed by atoms with Gasteiger partial charge in [-0.1, -0.05) is 6.07 Å². The van der Waals surface area contributed by atoms with Crippen LogP contribution in [0.3, 0.4) is 0 Å². The van der Waals surface area contributed by atoms with Gasteiger partial charge in [0.05, 0.1) is 0 Å². The molecule has 0 heterocycles. The van der Waals surface area contributed by atoms with E-state index in [1.807, 2.05) is 13.8 Å². The summed E-state index contributed by atoms with van der Waals surface area (Å²) in [6.45, 7) is 3.79. The van der Waals surface area contributed by atoms with E-state index in [-0.39, 0.29) is 30.2 Å². The molecule has 1 aromatic carbocycles. The fourth-order valence-corrected chi connectivity index (χ4v) is 1.56. The van der Waals surface area contributed by atoms with Crippen LogP contribution in [0.25, 0.3) is 0 Å². The van der Waals surface area contributed by atoms with Crippen molar-refractivity contribution < 1.29 is 9.59 Å². The number of nitrogens with one attached hydrogen (secondary N) is 2. The van der Waals surface area contributed by atoms with Crippen LogP contribution in [-0.4, -0.2) is 23.7 Å². The third kappa shape index (κ3) is 4.75. The Morgan fingerprint density at radius 3 is 2.67 bits per heavy atom. The zero-order valence-electron chi connectivity index (χ0n) is 10.5. The Kier molecular flexibility index (Phi) is 5.65. The Bertz CT molecular complexity index is 433. The molecule has 5 heteroatoms. The highest BCUT2D eigenvalue weighted by molar-refractivity contribution is 6.19. The van der Waals surface area contributed by atoms with Crippen LogP contribution >= 0.6 is 11.6 Å². The summed E-state index contributed by atoms with van der Waals surface area (Å²) in [5.41, 5.74) is 1.12. The van der Waals surface area contributed by atoms with Crippen molar-refractivity contribution in [3.63, 3.8) is 0 Å². The second-order valence-corrected chi connectivity index (χ2v) is 4.57. The predicted octanol–water partition coefficient (Wildman–Crippen LogP) is 2.39. The number of amides is 2. The Morgan fingerprint density at radius 2 is 2.06 bits per heavy atom. The van der Waals surface area contributed by atoms with E-state index in [0.717, 1.165) is 0 Å². The molecule has 0 radical (unpaired) electrons. The van der Waals surface area contributed by atoms with Gasteiger partial charge in [0.2, 0.25) is 5.91 Å². The number of rotatable bonds is 5. The number of carbonyl (C=O) groups is 2. The summed E-state index contributed by atoms with van der Waals surface area (Å²) in [4.78, 5) is 23.1. The van der Waals surface area contributed by atoms with E-state index in [0.29, 0.717) is 11.3 Å². The maximum absolute atomic E-state index is 11.8. The summed E-state index contributed by atoms with van der Waals surface area (Å²) in [5, 5.41) is 5.48. The smallest absolute Gasteiger partial charge is 0.251 e. The standard InChI is InChI=1S/C13H17ClN2O2/c1-9(2)15-13(18)10-4-3-5-11(8-10)16-12(17)6-7-14/h3-5,8-9H,6-7H2,1-2H3,(H,15,18)(H,16,17). The second kappa shape index (κ2) is 7.01. The van der Waals surface area contributed by atoms with Crippen molar-refractivity contribution in [2.75, 3.05) is 11.2 Å². The maximum Gasteiger partial charge on any atom is 0.251 e. The lowest BCUT2D eigenvalue weighted by Gasteiger charge is -2.10. The van der Waals surface area contributed by atoms with Crippen LogP contribution < -0.4 is 10.6 Å². The van der Waals surface area contributed by atoms with E-state index in [1.54, 1.807) is 24.3 Å². The summed E-state index contributed by atoms with van der Waals surface area (Å²) in [7, 11) is 0. The molecule has 0 bridgehead atoms. The fraction of sp³-hybridized carbons (Fsp3) is 0.385. The summed E-state index contributed by atoms with van der Waals surface area (Å²) >= 11 is 5.48. The van der Waals surface area contributed by atoms with Crippen molar-refractivity contribution in [1.82, 2.24) is 5.32 Å². The molecular weight excluding hydrogens is 252 g/mol. The highest BCUT2D eigenvalue weighted by Gasteiger charge is 2.08. The second-order valence-electron chi connectivity index (χ2n) is 4.20. The molecule has 0 saturated carbocycles. The monoisotopic (exact) mass is 268 g/mol. The van der Waals surface area contributed by atoms with Gasteiger partial charge in [-0.05, 0) is 32.0 Å². The molecular formula is C13H17ClN2O2. The number of carbonyl (C=O) groups excluding carboxylic acids is 2. The van der Waals surface area contributed by atoms with Crippen LogP contribution in [0.15, 0.2) is 24.3 Å². The van der Waals surface area contributed by atoms with Crippen LogP contribution in [0.1, 0.15) is 30.6 Å². The average Bonchev–Trinajstić information content (AvgIpc) is 2.28. The largest absolute Gasteiger partial charge is 0.350 e. The molecule has 2 amide bonds. The minimum Gasteiger partial charge on any atom is -0.350 e. The third-order valence-corrected chi connectivity index (χ3v) is 2.34. The van der Waals surface area contributed by atoms with Crippen LogP contribution in [0.4, 0.5) is 5.69 Å². The topological polar surface area (TPSA) is 58.2 Å². The fourth-order valence-electron chi connectivity index (χ4n) is 1.39. The third-order valence-electron chi connectivity index (χ3n) is 2.15. The SMILES string of the molecule is CC(C)NC(=O)c1cccc(NC(=O)CCCl)c1. The van der Waals surface area contributed by atoms with Gasteiger partial charge >= 0.3 is 0 Å². The summed E-state index contributed by atoms with van der Waals surface area (Å²) in [6, 6.07) is 6.88. The normalized spacial score (nSPS) is 10.2. The van der Waals surface area contributed by atoms with Crippen LogP contribution in [0.2, 0.25) is 0 Å². The molecule has 4 nitrogen and oxygen atoms in total. The van der Waals surface area contributed by atoms with Crippen LogP contribution in [0.5, 0.6) is 0 Å². The van der Waals surface area contributed by atoms with Crippen molar-refractivity contribution in [3.05, 3.63) is 29.8 Å². The Balaban J connectivity index is 2.73. The van der Waals surface area contributed by atoms with E-state index in [1.165, 1.54) is 0 Å². The van der Waals surface area contributed by atoms with Crippen molar-refractivity contribution in [2.24, 2.45) is 0 Å². The van der Waals surface area contributed by atoms with Crippen LogP contribution in [-0.2, 0) is 4.79 Å². The van der Waals surface area contributed by atoms with Gasteiger partial charge in [-0.2, -0.15) is 0 Å². The van der Waals surface area contributed by atoms with Gasteiger partial charge in [-0.25, -0.2) is 0 Å². The zero-order chi connectivity index (χ0) is 13.5. The molecule has 18 heavy (non-hydrogen) atoms. The molecule has 0 unspecified atom stereocenters. The van der Waals surface area contributed by atoms with Gasteiger partial charge in [0, 0.05) is 29.6 Å². The van der Waals surface area contributed by atoms with Crippen molar-refractivity contribution in [3.8, 4) is 0 Å². The number of hydrogen-bond donors (Lipinski definition) is 2. The van der Waals surface area contributed by atoms with E-state index in [4.69, 9.17) is 11.6 Å². The summed E-state index contributed by atoms with van der Waals surface area (Å²) in [6.07, 6.45) is 0.254. The molecule has 0 aliphatic carbocycles. The van der Waals surface area contributed by atoms with Crippen molar-refractivity contribution in [2.45, 2.75) is 26.3 Å². The lowest BCUT2D eigenvalue weighted by atomic mass is 10.1. The molecule has 2 N–H and O–H groups in total. The number of anilines is 1. The zero-order valence-corrected chi connectivity index (χ0v) is 11.3. The van der Waals surface area contributed by atoms with Crippen molar-refractivity contribution >= 4 is 29.1 Å². The Hall–Kier alpha value is -1.55. The number of halogens is 1. The molecule has 0 aliphatic heterocycles. The average molecular weight is 269 g/mol. The lowest BCUT2D eigenvalue weighted by Crippen LogP contribution is -2.30. The molecule has 98 valence electrons. The van der Waals surface area contributed by atoms with E-state index >= 15 is 0 Å². The van der Waals surface area contributed by atoms with Gasteiger partial charge < -0.3 is 10.6 Å². The lowest BCUT2D eigenvalue weighted by molar-refractivity contribution is -0.115. The number of alkyl halides is 1.